The molecule has 0 aliphatic rings. The highest BCUT2D eigenvalue weighted by molar-refractivity contribution is 7.99. The maximum Gasteiger partial charge on any atom is 0.126 e. The predicted molar refractivity (Wildman–Crippen MR) is 64.2 cm³/mol. The summed E-state index contributed by atoms with van der Waals surface area (Å²) in [7, 11) is 0. The van der Waals surface area contributed by atoms with Crippen LogP contribution >= 0.6 is 11.8 Å². The van der Waals surface area contributed by atoms with Gasteiger partial charge in [0.25, 0.3) is 0 Å². The molecular formula is C11H17FN2S. The Morgan fingerprint density at radius 1 is 1.53 bits per heavy atom. The van der Waals surface area contributed by atoms with E-state index >= 15 is 0 Å². The monoisotopic (exact) mass is 228 g/mol. The molecular weight excluding hydrogens is 211 g/mol. The molecule has 1 rings (SSSR count). The van der Waals surface area contributed by atoms with E-state index in [1.165, 1.54) is 0 Å². The fraction of sp³-hybridized carbons (Fsp3) is 0.455. The SMILES string of the molecule is CCSCC(NN)c1ccc(C)c(F)c1. The van der Waals surface area contributed by atoms with E-state index in [0.717, 1.165) is 17.1 Å². The van der Waals surface area contributed by atoms with Gasteiger partial charge in [-0.2, -0.15) is 11.8 Å². The molecule has 2 nitrogen and oxygen atoms in total. The fourth-order valence-electron chi connectivity index (χ4n) is 1.30. The number of hydrogen-bond acceptors (Lipinski definition) is 3. The van der Waals surface area contributed by atoms with E-state index in [9.17, 15) is 4.39 Å². The van der Waals surface area contributed by atoms with Gasteiger partial charge in [-0.15, -0.1) is 0 Å². The highest BCUT2D eigenvalue weighted by Crippen LogP contribution is 2.19. The molecule has 3 N–H and O–H groups in total. The Morgan fingerprint density at radius 3 is 2.80 bits per heavy atom. The molecule has 1 unspecified atom stereocenters. The van der Waals surface area contributed by atoms with Crippen LogP contribution in [-0.2, 0) is 0 Å². The molecule has 1 aromatic carbocycles. The smallest absolute Gasteiger partial charge is 0.126 e. The first-order valence-electron chi connectivity index (χ1n) is 4.99. The Kier molecular flexibility index (Phi) is 5.08. The standard InChI is InChI=1S/C11H17FN2S/c1-3-15-7-11(14-13)9-5-4-8(2)10(12)6-9/h4-6,11,14H,3,7,13H2,1-2H3. The molecule has 0 saturated carbocycles. The van der Waals surface area contributed by atoms with Crippen LogP contribution in [0.5, 0.6) is 0 Å². The minimum atomic E-state index is -0.172. The number of thioether (sulfide) groups is 1. The molecule has 15 heavy (non-hydrogen) atoms. The van der Waals surface area contributed by atoms with Crippen molar-refractivity contribution in [3.8, 4) is 0 Å². The van der Waals surface area contributed by atoms with Crippen LogP contribution in [0, 0.1) is 12.7 Å². The summed E-state index contributed by atoms with van der Waals surface area (Å²) in [5.41, 5.74) is 4.28. The largest absolute Gasteiger partial charge is 0.271 e. The molecule has 0 spiro atoms. The molecule has 0 aliphatic carbocycles. The summed E-state index contributed by atoms with van der Waals surface area (Å²) in [6, 6.07) is 5.27. The second-order valence-corrected chi connectivity index (χ2v) is 4.71. The fourth-order valence-corrected chi connectivity index (χ4v) is 2.06. The van der Waals surface area contributed by atoms with E-state index < -0.39 is 0 Å². The maximum absolute atomic E-state index is 13.3. The minimum absolute atomic E-state index is 0.0186. The van der Waals surface area contributed by atoms with Gasteiger partial charge in [0, 0.05) is 5.75 Å². The van der Waals surface area contributed by atoms with Gasteiger partial charge in [0.05, 0.1) is 6.04 Å². The van der Waals surface area contributed by atoms with Gasteiger partial charge in [-0.05, 0) is 29.9 Å². The Labute approximate surface area is 94.4 Å². The summed E-state index contributed by atoms with van der Waals surface area (Å²) in [6.45, 7) is 3.85. The number of halogens is 1. The Balaban J connectivity index is 2.78. The van der Waals surface area contributed by atoms with Gasteiger partial charge in [-0.25, -0.2) is 4.39 Å². The van der Waals surface area contributed by atoms with Crippen molar-refractivity contribution in [1.82, 2.24) is 5.43 Å². The molecule has 0 bridgehead atoms. The highest BCUT2D eigenvalue weighted by atomic mass is 32.2. The third-order valence-corrected chi connectivity index (χ3v) is 3.27. The zero-order valence-corrected chi connectivity index (χ0v) is 9.90. The lowest BCUT2D eigenvalue weighted by molar-refractivity contribution is 0.587. The van der Waals surface area contributed by atoms with Crippen molar-refractivity contribution in [2.75, 3.05) is 11.5 Å². The Bertz CT molecular complexity index is 317. The van der Waals surface area contributed by atoms with E-state index in [1.807, 2.05) is 6.07 Å². The van der Waals surface area contributed by atoms with E-state index in [-0.39, 0.29) is 11.9 Å². The van der Waals surface area contributed by atoms with Crippen LogP contribution in [0.3, 0.4) is 0 Å². The summed E-state index contributed by atoms with van der Waals surface area (Å²) < 4.78 is 13.3. The third kappa shape index (κ3) is 3.48. The first-order valence-corrected chi connectivity index (χ1v) is 6.14. The van der Waals surface area contributed by atoms with Gasteiger partial charge < -0.3 is 0 Å². The topological polar surface area (TPSA) is 38.0 Å². The first-order chi connectivity index (χ1) is 7.19. The lowest BCUT2D eigenvalue weighted by Crippen LogP contribution is -2.29. The van der Waals surface area contributed by atoms with Gasteiger partial charge in [0.1, 0.15) is 5.82 Å². The normalized spacial score (nSPS) is 12.8. The number of nitrogens with two attached hydrogens (primary N) is 1. The van der Waals surface area contributed by atoms with Crippen molar-refractivity contribution in [3.63, 3.8) is 0 Å². The highest BCUT2D eigenvalue weighted by Gasteiger charge is 2.10. The number of aryl methyl sites for hydroxylation is 1. The Hall–Kier alpha value is -0.580. The lowest BCUT2D eigenvalue weighted by Gasteiger charge is -2.16. The van der Waals surface area contributed by atoms with Crippen molar-refractivity contribution < 1.29 is 4.39 Å². The summed E-state index contributed by atoms with van der Waals surface area (Å²) in [6.07, 6.45) is 0. The van der Waals surface area contributed by atoms with Crippen molar-refractivity contribution in [2.24, 2.45) is 5.84 Å². The molecule has 0 saturated heterocycles. The maximum atomic E-state index is 13.3. The van der Waals surface area contributed by atoms with Crippen LogP contribution in [0.1, 0.15) is 24.1 Å². The number of rotatable bonds is 5. The third-order valence-electron chi connectivity index (χ3n) is 2.29. The molecule has 1 aromatic rings. The predicted octanol–water partition coefficient (Wildman–Crippen LogP) is 2.39. The van der Waals surface area contributed by atoms with Gasteiger partial charge in [0.15, 0.2) is 0 Å². The van der Waals surface area contributed by atoms with Crippen molar-refractivity contribution in [3.05, 3.63) is 35.1 Å². The van der Waals surface area contributed by atoms with Gasteiger partial charge >= 0.3 is 0 Å². The summed E-state index contributed by atoms with van der Waals surface area (Å²) in [5, 5.41) is 0. The molecule has 0 radical (unpaired) electrons. The lowest BCUT2D eigenvalue weighted by atomic mass is 10.1. The van der Waals surface area contributed by atoms with Crippen molar-refractivity contribution in [2.45, 2.75) is 19.9 Å². The Morgan fingerprint density at radius 2 is 2.27 bits per heavy atom. The van der Waals surface area contributed by atoms with Crippen molar-refractivity contribution in [1.29, 1.82) is 0 Å². The second-order valence-electron chi connectivity index (χ2n) is 3.39. The average molecular weight is 228 g/mol. The van der Waals surface area contributed by atoms with E-state index in [0.29, 0.717) is 5.56 Å². The molecule has 0 heterocycles. The number of nitrogens with one attached hydrogen (secondary N) is 1. The number of hydrogen-bond donors (Lipinski definition) is 2. The number of benzene rings is 1. The average Bonchev–Trinajstić information content (AvgIpc) is 2.24. The molecule has 4 heteroatoms. The van der Waals surface area contributed by atoms with E-state index in [4.69, 9.17) is 5.84 Å². The first kappa shape index (κ1) is 12.5. The summed E-state index contributed by atoms with van der Waals surface area (Å²) in [4.78, 5) is 0. The van der Waals surface area contributed by atoms with Crippen LogP contribution in [0.15, 0.2) is 18.2 Å². The zero-order chi connectivity index (χ0) is 11.3. The van der Waals surface area contributed by atoms with E-state index in [2.05, 4.69) is 12.3 Å². The quantitative estimate of drug-likeness (QED) is 0.600. The summed E-state index contributed by atoms with van der Waals surface area (Å²) in [5.74, 6) is 7.17. The molecule has 84 valence electrons. The van der Waals surface area contributed by atoms with Crippen LogP contribution in [-0.4, -0.2) is 11.5 Å². The molecule has 0 amide bonds. The number of hydrazine groups is 1. The van der Waals surface area contributed by atoms with Gasteiger partial charge in [0.2, 0.25) is 0 Å². The van der Waals surface area contributed by atoms with Crippen LogP contribution in [0.25, 0.3) is 0 Å². The molecule has 0 fully saturated rings. The second kappa shape index (κ2) is 6.10. The molecule has 1 atom stereocenters. The molecule has 0 aliphatic heterocycles. The van der Waals surface area contributed by atoms with Gasteiger partial charge in [-0.1, -0.05) is 19.1 Å². The van der Waals surface area contributed by atoms with E-state index in [1.54, 1.807) is 30.8 Å². The molecule has 0 aromatic heterocycles. The van der Waals surface area contributed by atoms with Crippen LogP contribution < -0.4 is 11.3 Å². The van der Waals surface area contributed by atoms with Crippen LogP contribution in [0.4, 0.5) is 4.39 Å². The van der Waals surface area contributed by atoms with Crippen molar-refractivity contribution >= 4 is 11.8 Å². The summed E-state index contributed by atoms with van der Waals surface area (Å²) >= 11 is 1.78. The van der Waals surface area contributed by atoms with Gasteiger partial charge in [-0.3, -0.25) is 11.3 Å². The van der Waals surface area contributed by atoms with Crippen LogP contribution in [0.2, 0.25) is 0 Å². The minimum Gasteiger partial charge on any atom is -0.271 e. The zero-order valence-electron chi connectivity index (χ0n) is 9.09.